The Bertz CT molecular complexity index is 708. The van der Waals surface area contributed by atoms with E-state index in [4.69, 9.17) is 18.5 Å². The number of hydrogen-bond donors (Lipinski definition) is 0. The molecule has 6 heteroatoms. The molecular weight excluding hydrogens is 315 g/mol. The molecule has 0 bridgehead atoms. The quantitative estimate of drug-likeness (QED) is 0.588. The van der Waals surface area contributed by atoms with Gasteiger partial charge < -0.3 is 18.5 Å². The average Bonchev–Trinajstić information content (AvgIpc) is 3.39. The predicted molar refractivity (Wildman–Crippen MR) is 86.6 cm³/mol. The summed E-state index contributed by atoms with van der Waals surface area (Å²) in [7, 11) is 0.877. The average molecular weight is 334 g/mol. The molecule has 1 aliphatic heterocycles. The van der Waals surface area contributed by atoms with Crippen LogP contribution in [-0.2, 0) is 23.7 Å². The Balaban J connectivity index is 2.04. The Morgan fingerprint density at radius 2 is 1.57 bits per heavy atom. The molecule has 1 heterocycles. The van der Waals surface area contributed by atoms with Crippen molar-refractivity contribution in [3.05, 3.63) is 65.7 Å². The lowest BCUT2D eigenvalue weighted by atomic mass is 10.0. The van der Waals surface area contributed by atoms with E-state index < -0.39 is 19.0 Å². The molecule has 2 aromatic carbocycles. The topological polar surface area (TPSA) is 57.3 Å². The Kier molecular flexibility index (Phi) is 4.30. The van der Waals surface area contributed by atoms with Crippen LogP contribution in [0.4, 0.5) is 0 Å². The predicted octanol–water partition coefficient (Wildman–Crippen LogP) is 4.11. The van der Waals surface area contributed by atoms with Crippen LogP contribution in [0.25, 0.3) is 0 Å². The van der Waals surface area contributed by atoms with Crippen molar-refractivity contribution < 1.29 is 23.1 Å². The number of methoxy groups -OCH3 is 1. The highest BCUT2D eigenvalue weighted by Crippen LogP contribution is 2.79. The molecule has 2 aromatic rings. The Hall–Kier alpha value is -1.65. The second-order valence-corrected chi connectivity index (χ2v) is 7.59. The third kappa shape index (κ3) is 2.50. The van der Waals surface area contributed by atoms with E-state index in [2.05, 4.69) is 0 Å². The summed E-state index contributed by atoms with van der Waals surface area (Å²) >= 11 is 0. The van der Waals surface area contributed by atoms with Crippen LogP contribution in [0, 0.1) is 0 Å². The van der Waals surface area contributed by atoms with Crippen LogP contribution in [0.2, 0.25) is 0 Å². The molecule has 0 saturated carbocycles. The van der Waals surface area contributed by atoms with Gasteiger partial charge in [0, 0.05) is 14.2 Å². The largest absolute Gasteiger partial charge is 0.497 e. The molecule has 0 unspecified atom stereocenters. The third-order valence-electron chi connectivity index (χ3n) is 4.09. The van der Waals surface area contributed by atoms with Crippen molar-refractivity contribution >= 4 is 7.60 Å². The number of ether oxygens (including phenoxy) is 2. The zero-order valence-electron chi connectivity index (χ0n) is 13.3. The maximum atomic E-state index is 13.1. The minimum Gasteiger partial charge on any atom is -0.497 e. The van der Waals surface area contributed by atoms with E-state index >= 15 is 0 Å². The van der Waals surface area contributed by atoms with Gasteiger partial charge in [-0.1, -0.05) is 42.5 Å². The highest BCUT2D eigenvalue weighted by Gasteiger charge is 2.71. The molecule has 1 aliphatic rings. The van der Waals surface area contributed by atoms with Crippen molar-refractivity contribution in [2.45, 2.75) is 11.4 Å². The van der Waals surface area contributed by atoms with Gasteiger partial charge in [0.05, 0.1) is 7.11 Å². The zero-order valence-corrected chi connectivity index (χ0v) is 14.2. The van der Waals surface area contributed by atoms with Gasteiger partial charge in [-0.05, 0) is 23.3 Å². The lowest BCUT2D eigenvalue weighted by Gasteiger charge is -2.22. The van der Waals surface area contributed by atoms with Crippen molar-refractivity contribution in [3.8, 4) is 5.75 Å². The normalized spacial score (nSPS) is 23.5. The standard InChI is InChI=1S/C17H19O5P/c1-19-15-11-9-13(10-12-15)16-17(22-16,23(18,20-2)21-3)14-7-5-4-6-8-14/h4-12,16H,1-3H3/t16-,17+/m0/s1. The smallest absolute Gasteiger partial charge is 0.369 e. The molecule has 122 valence electrons. The van der Waals surface area contributed by atoms with Gasteiger partial charge in [0.25, 0.3) is 0 Å². The van der Waals surface area contributed by atoms with E-state index in [-0.39, 0.29) is 0 Å². The van der Waals surface area contributed by atoms with Crippen molar-refractivity contribution in [1.82, 2.24) is 0 Å². The molecule has 0 aliphatic carbocycles. The molecule has 23 heavy (non-hydrogen) atoms. The fraction of sp³-hybridized carbons (Fsp3) is 0.294. The zero-order chi connectivity index (χ0) is 16.5. The molecule has 0 radical (unpaired) electrons. The Morgan fingerprint density at radius 1 is 0.957 bits per heavy atom. The summed E-state index contributed by atoms with van der Waals surface area (Å²) < 4.78 is 34.8. The van der Waals surface area contributed by atoms with E-state index in [1.165, 1.54) is 14.2 Å². The molecular formula is C17H19O5P. The van der Waals surface area contributed by atoms with Crippen LogP contribution in [0.15, 0.2) is 54.6 Å². The summed E-state index contributed by atoms with van der Waals surface area (Å²) in [6.45, 7) is 0. The number of benzene rings is 2. The van der Waals surface area contributed by atoms with Crippen LogP contribution >= 0.6 is 7.60 Å². The molecule has 3 rings (SSSR count). The lowest BCUT2D eigenvalue weighted by molar-refractivity contribution is 0.229. The summed E-state index contributed by atoms with van der Waals surface area (Å²) in [5, 5.41) is -1.12. The second-order valence-electron chi connectivity index (χ2n) is 5.20. The summed E-state index contributed by atoms with van der Waals surface area (Å²) in [5.41, 5.74) is 1.66. The van der Waals surface area contributed by atoms with Gasteiger partial charge in [-0.2, -0.15) is 0 Å². The van der Waals surface area contributed by atoms with Gasteiger partial charge in [-0.3, -0.25) is 4.57 Å². The summed E-state index contributed by atoms with van der Waals surface area (Å²) in [4.78, 5) is 0. The third-order valence-corrected chi connectivity index (χ3v) is 6.46. The van der Waals surface area contributed by atoms with Gasteiger partial charge >= 0.3 is 7.60 Å². The molecule has 0 aromatic heterocycles. The molecule has 1 saturated heterocycles. The number of hydrogen-bond acceptors (Lipinski definition) is 5. The van der Waals surface area contributed by atoms with Crippen molar-refractivity contribution in [2.75, 3.05) is 21.3 Å². The van der Waals surface area contributed by atoms with E-state index in [0.29, 0.717) is 0 Å². The van der Waals surface area contributed by atoms with Gasteiger partial charge in [-0.15, -0.1) is 0 Å². The SMILES string of the molecule is COc1ccc([C@@H]2O[C@]2(c2ccccc2)P(=O)(OC)OC)cc1. The first-order valence-corrected chi connectivity index (χ1v) is 8.74. The maximum absolute atomic E-state index is 13.1. The van der Waals surface area contributed by atoms with E-state index in [1.54, 1.807) is 7.11 Å². The molecule has 5 nitrogen and oxygen atoms in total. The highest BCUT2D eigenvalue weighted by atomic mass is 31.2. The van der Waals surface area contributed by atoms with Gasteiger partial charge in [0.15, 0.2) is 0 Å². The van der Waals surface area contributed by atoms with E-state index in [9.17, 15) is 4.57 Å². The first-order valence-electron chi connectivity index (χ1n) is 7.20. The van der Waals surface area contributed by atoms with E-state index in [0.717, 1.165) is 16.9 Å². The van der Waals surface area contributed by atoms with Crippen LogP contribution in [0.1, 0.15) is 17.2 Å². The number of epoxide rings is 1. The summed E-state index contributed by atoms with van der Waals surface area (Å²) in [6.07, 6.45) is -0.401. The molecule has 0 spiro atoms. The fourth-order valence-corrected chi connectivity index (χ4v) is 4.65. The van der Waals surface area contributed by atoms with Crippen molar-refractivity contribution in [2.24, 2.45) is 0 Å². The minimum atomic E-state index is -3.49. The van der Waals surface area contributed by atoms with Gasteiger partial charge in [-0.25, -0.2) is 0 Å². The first kappa shape index (κ1) is 16.2. The Labute approximate surface area is 135 Å². The lowest BCUT2D eigenvalue weighted by Crippen LogP contribution is -2.14. The van der Waals surface area contributed by atoms with Crippen LogP contribution in [0.5, 0.6) is 5.75 Å². The van der Waals surface area contributed by atoms with Gasteiger partial charge in [0.1, 0.15) is 11.9 Å². The molecule has 0 N–H and O–H groups in total. The van der Waals surface area contributed by atoms with Crippen LogP contribution in [0.3, 0.4) is 0 Å². The highest BCUT2D eigenvalue weighted by molar-refractivity contribution is 7.55. The molecule has 0 amide bonds. The monoisotopic (exact) mass is 334 g/mol. The summed E-state index contributed by atoms with van der Waals surface area (Å²) in [6, 6.07) is 16.9. The first-order chi connectivity index (χ1) is 11.1. The van der Waals surface area contributed by atoms with Gasteiger partial charge in [0.2, 0.25) is 5.34 Å². The Morgan fingerprint density at radius 3 is 2.09 bits per heavy atom. The van der Waals surface area contributed by atoms with Crippen molar-refractivity contribution in [3.63, 3.8) is 0 Å². The fourth-order valence-electron chi connectivity index (χ4n) is 2.83. The van der Waals surface area contributed by atoms with E-state index in [1.807, 2.05) is 54.6 Å². The molecule has 2 atom stereocenters. The summed E-state index contributed by atoms with van der Waals surface area (Å²) in [5.74, 6) is 0.751. The molecule has 1 fully saturated rings. The second kappa shape index (κ2) is 6.10. The van der Waals surface area contributed by atoms with Crippen LogP contribution in [-0.4, -0.2) is 21.3 Å². The maximum Gasteiger partial charge on any atom is 0.369 e. The van der Waals surface area contributed by atoms with Crippen molar-refractivity contribution in [1.29, 1.82) is 0 Å². The van der Waals surface area contributed by atoms with Crippen LogP contribution < -0.4 is 4.74 Å². The number of rotatable bonds is 6. The minimum absolute atomic E-state index is 0.401.